The molecular weight excluding hydrogens is 372 g/mol. The second kappa shape index (κ2) is 8.77. The first kappa shape index (κ1) is 19.7. The number of anilines is 2. The maximum Gasteiger partial charge on any atom is 0.405 e. The van der Waals surface area contributed by atoms with E-state index in [0.29, 0.717) is 42.9 Å². The van der Waals surface area contributed by atoms with Crippen LogP contribution in [0.15, 0.2) is 18.2 Å². The molecule has 1 saturated heterocycles. The van der Waals surface area contributed by atoms with Crippen molar-refractivity contribution in [1.82, 2.24) is 10.6 Å². The molecule has 3 rings (SSSR count). The van der Waals surface area contributed by atoms with Gasteiger partial charge in [-0.1, -0.05) is 17.7 Å². The zero-order valence-electron chi connectivity index (χ0n) is 15.3. The normalized spacial score (nSPS) is 20.5. The van der Waals surface area contributed by atoms with Gasteiger partial charge in [0.05, 0.1) is 22.5 Å². The average molecular weight is 397 g/mol. The molecule has 8 nitrogen and oxygen atoms in total. The number of carbonyl (C=O) groups is 2. The number of nitrogens with one attached hydrogen (secondary N) is 2. The summed E-state index contributed by atoms with van der Waals surface area (Å²) in [6.45, 7) is 3.67. The number of fused-ring (bicyclic) bond motifs is 1. The molecule has 2 heterocycles. The Kier molecular flexibility index (Phi) is 6.41. The fraction of sp³-hybridized carbons (Fsp3) is 0.556. The van der Waals surface area contributed by atoms with Crippen LogP contribution in [0.4, 0.5) is 16.2 Å². The molecule has 0 aromatic heterocycles. The molecule has 0 spiro atoms. The van der Waals surface area contributed by atoms with E-state index in [0.717, 1.165) is 25.2 Å². The summed E-state index contributed by atoms with van der Waals surface area (Å²) in [4.78, 5) is 27.4. The molecule has 2 amide bonds. The Labute approximate surface area is 163 Å². The highest BCUT2D eigenvalue weighted by atomic mass is 35.5. The fourth-order valence-corrected chi connectivity index (χ4v) is 3.64. The molecule has 0 unspecified atom stereocenters. The Morgan fingerprint density at radius 2 is 2.22 bits per heavy atom. The number of hydrogen-bond acceptors (Lipinski definition) is 5. The van der Waals surface area contributed by atoms with E-state index in [1.165, 1.54) is 4.90 Å². The highest BCUT2D eigenvalue weighted by Crippen LogP contribution is 2.37. The van der Waals surface area contributed by atoms with E-state index >= 15 is 0 Å². The summed E-state index contributed by atoms with van der Waals surface area (Å²) in [7, 11) is 1.64. The maximum absolute atomic E-state index is 12.7. The van der Waals surface area contributed by atoms with Crippen LogP contribution in [0.3, 0.4) is 0 Å². The van der Waals surface area contributed by atoms with Crippen molar-refractivity contribution in [2.24, 2.45) is 0 Å². The molecule has 1 aromatic carbocycles. The van der Waals surface area contributed by atoms with Gasteiger partial charge >= 0.3 is 6.09 Å². The van der Waals surface area contributed by atoms with Crippen LogP contribution in [0.5, 0.6) is 0 Å². The van der Waals surface area contributed by atoms with Gasteiger partial charge in [0.25, 0.3) is 0 Å². The standard InChI is InChI=1S/C18H25ClN4O4/c1-22-15-5-2-4-13(19)16(15)23(7-3-9-27-12-10-20-11-12)8-6-14(17(22)24)21-18(25)26/h2,4-5,12,14,20-21H,3,6-11H2,1H3,(H,25,26)/t14-/m0/s1. The third-order valence-corrected chi connectivity index (χ3v) is 5.23. The number of rotatable bonds is 6. The number of carbonyl (C=O) groups excluding carboxylic acids is 1. The van der Waals surface area contributed by atoms with Crippen molar-refractivity contribution in [2.75, 3.05) is 49.6 Å². The number of halogens is 1. The Balaban J connectivity index is 1.77. The van der Waals surface area contributed by atoms with Crippen molar-refractivity contribution < 1.29 is 19.4 Å². The number of ether oxygens (including phenoxy) is 1. The molecule has 9 heteroatoms. The number of benzene rings is 1. The van der Waals surface area contributed by atoms with Crippen molar-refractivity contribution in [3.63, 3.8) is 0 Å². The lowest BCUT2D eigenvalue weighted by Gasteiger charge is -2.36. The predicted molar refractivity (Wildman–Crippen MR) is 104 cm³/mol. The molecule has 27 heavy (non-hydrogen) atoms. The van der Waals surface area contributed by atoms with Crippen molar-refractivity contribution >= 4 is 35.0 Å². The molecule has 2 aliphatic heterocycles. The van der Waals surface area contributed by atoms with Gasteiger partial charge in [0.1, 0.15) is 6.04 Å². The Morgan fingerprint density at radius 3 is 2.89 bits per heavy atom. The van der Waals surface area contributed by atoms with Crippen LogP contribution in [0, 0.1) is 0 Å². The largest absolute Gasteiger partial charge is 0.465 e. The van der Waals surface area contributed by atoms with E-state index in [9.17, 15) is 9.59 Å². The third kappa shape index (κ3) is 4.63. The van der Waals surface area contributed by atoms with Crippen LogP contribution in [-0.4, -0.2) is 69.1 Å². The van der Waals surface area contributed by atoms with Gasteiger partial charge in [-0.15, -0.1) is 0 Å². The van der Waals surface area contributed by atoms with Gasteiger partial charge in [0, 0.05) is 39.8 Å². The first-order valence-electron chi connectivity index (χ1n) is 9.10. The van der Waals surface area contributed by atoms with Gasteiger partial charge < -0.3 is 30.3 Å². The van der Waals surface area contributed by atoms with E-state index in [1.54, 1.807) is 19.2 Å². The molecule has 1 aromatic rings. The zero-order chi connectivity index (χ0) is 19.4. The predicted octanol–water partition coefficient (Wildman–Crippen LogP) is 1.53. The fourth-order valence-electron chi connectivity index (χ4n) is 3.35. The monoisotopic (exact) mass is 396 g/mol. The minimum Gasteiger partial charge on any atom is -0.465 e. The van der Waals surface area contributed by atoms with Gasteiger partial charge in [-0.25, -0.2) is 4.79 Å². The lowest BCUT2D eigenvalue weighted by molar-refractivity contribution is -0.120. The van der Waals surface area contributed by atoms with Crippen molar-refractivity contribution in [2.45, 2.75) is 25.0 Å². The molecule has 2 aliphatic rings. The summed E-state index contributed by atoms with van der Waals surface area (Å²) in [5.41, 5.74) is 1.47. The Morgan fingerprint density at radius 1 is 1.44 bits per heavy atom. The first-order chi connectivity index (χ1) is 13.0. The molecule has 0 aliphatic carbocycles. The maximum atomic E-state index is 12.7. The topological polar surface area (TPSA) is 94.1 Å². The van der Waals surface area contributed by atoms with Gasteiger partial charge in [0.2, 0.25) is 5.91 Å². The highest BCUT2D eigenvalue weighted by molar-refractivity contribution is 6.34. The average Bonchev–Trinajstić information content (AvgIpc) is 2.59. The zero-order valence-corrected chi connectivity index (χ0v) is 16.0. The van der Waals surface area contributed by atoms with Crippen molar-refractivity contribution in [3.8, 4) is 0 Å². The van der Waals surface area contributed by atoms with Crippen LogP contribution in [0.25, 0.3) is 0 Å². The minimum atomic E-state index is -1.21. The molecule has 3 N–H and O–H groups in total. The second-order valence-electron chi connectivity index (χ2n) is 6.79. The van der Waals surface area contributed by atoms with Gasteiger partial charge in [0.15, 0.2) is 0 Å². The molecule has 148 valence electrons. The lowest BCUT2D eigenvalue weighted by atomic mass is 10.1. The summed E-state index contributed by atoms with van der Waals surface area (Å²) in [5, 5.41) is 15.1. The van der Waals surface area contributed by atoms with Gasteiger partial charge in [-0.2, -0.15) is 0 Å². The SMILES string of the molecule is CN1C(=O)[C@@H](NC(=O)O)CCN(CCCOC2CNC2)c2c(Cl)cccc21. The van der Waals surface area contributed by atoms with Crippen LogP contribution >= 0.6 is 11.6 Å². The molecule has 0 bridgehead atoms. The number of amides is 2. The molecule has 1 atom stereocenters. The molecular formula is C18H25ClN4O4. The smallest absolute Gasteiger partial charge is 0.405 e. The van der Waals surface area contributed by atoms with E-state index < -0.39 is 12.1 Å². The summed E-state index contributed by atoms with van der Waals surface area (Å²) in [6, 6.07) is 4.62. The number of likely N-dealkylation sites (N-methyl/N-ethyl adjacent to an activating group) is 1. The van der Waals surface area contributed by atoms with E-state index in [4.69, 9.17) is 21.4 Å². The summed E-state index contributed by atoms with van der Waals surface area (Å²) in [5.74, 6) is -0.290. The molecule has 0 radical (unpaired) electrons. The summed E-state index contributed by atoms with van der Waals surface area (Å²) >= 11 is 6.46. The highest BCUT2D eigenvalue weighted by Gasteiger charge is 2.31. The van der Waals surface area contributed by atoms with Crippen LogP contribution in [0.2, 0.25) is 5.02 Å². The van der Waals surface area contributed by atoms with Crippen LogP contribution in [-0.2, 0) is 9.53 Å². The summed E-state index contributed by atoms with van der Waals surface area (Å²) < 4.78 is 5.78. The van der Waals surface area contributed by atoms with Crippen molar-refractivity contribution in [3.05, 3.63) is 23.2 Å². The van der Waals surface area contributed by atoms with Crippen LogP contribution in [0.1, 0.15) is 12.8 Å². The Bertz CT molecular complexity index is 698. The molecule has 0 saturated carbocycles. The second-order valence-corrected chi connectivity index (χ2v) is 7.19. The quantitative estimate of drug-likeness (QED) is 0.631. The number of carboxylic acid groups (broad SMARTS) is 1. The summed E-state index contributed by atoms with van der Waals surface area (Å²) in [6.07, 6.45) is 0.271. The Hall–Kier alpha value is -2.03. The third-order valence-electron chi connectivity index (χ3n) is 4.93. The lowest BCUT2D eigenvalue weighted by Crippen LogP contribution is -2.50. The van der Waals surface area contributed by atoms with Gasteiger partial charge in [-0.3, -0.25) is 4.79 Å². The van der Waals surface area contributed by atoms with E-state index in [2.05, 4.69) is 15.5 Å². The number of para-hydroxylation sites is 1. The number of nitrogens with zero attached hydrogens (tertiary/aromatic N) is 2. The van der Waals surface area contributed by atoms with E-state index in [-0.39, 0.29) is 5.91 Å². The molecule has 1 fully saturated rings. The minimum absolute atomic E-state index is 0.290. The van der Waals surface area contributed by atoms with Crippen molar-refractivity contribution in [1.29, 1.82) is 0 Å². The van der Waals surface area contributed by atoms with Gasteiger partial charge in [-0.05, 0) is 25.0 Å². The first-order valence-corrected chi connectivity index (χ1v) is 9.48. The number of hydrogen-bond donors (Lipinski definition) is 3. The van der Waals surface area contributed by atoms with E-state index in [1.807, 2.05) is 6.07 Å². The van der Waals surface area contributed by atoms with Crippen LogP contribution < -0.4 is 20.4 Å².